The van der Waals surface area contributed by atoms with Crippen molar-refractivity contribution >= 4 is 11.4 Å². The fourth-order valence-electron chi connectivity index (χ4n) is 6.05. The summed E-state index contributed by atoms with van der Waals surface area (Å²) in [5.41, 5.74) is 24.4. The van der Waals surface area contributed by atoms with Crippen LogP contribution in [-0.4, -0.2) is 0 Å². The van der Waals surface area contributed by atoms with E-state index in [0.717, 1.165) is 41.3 Å². The number of rotatable bonds is 6. The minimum absolute atomic E-state index is 0.0964. The van der Waals surface area contributed by atoms with E-state index in [1.807, 2.05) is 12.1 Å². The van der Waals surface area contributed by atoms with E-state index in [0.29, 0.717) is 0 Å². The van der Waals surface area contributed by atoms with Crippen LogP contribution in [-0.2, 0) is 18.3 Å². The van der Waals surface area contributed by atoms with Crippen LogP contribution in [0.5, 0.6) is 0 Å². The van der Waals surface area contributed by atoms with Gasteiger partial charge in [-0.15, -0.1) is 0 Å². The van der Waals surface area contributed by atoms with E-state index in [9.17, 15) is 0 Å². The second-order valence-corrected chi connectivity index (χ2v) is 11.4. The van der Waals surface area contributed by atoms with Crippen molar-refractivity contribution in [2.24, 2.45) is 5.92 Å². The first-order valence-corrected chi connectivity index (χ1v) is 13.7. The van der Waals surface area contributed by atoms with Crippen molar-refractivity contribution in [1.29, 1.82) is 0 Å². The van der Waals surface area contributed by atoms with Gasteiger partial charge in [0.25, 0.3) is 0 Å². The maximum absolute atomic E-state index is 6.02. The van der Waals surface area contributed by atoms with Crippen molar-refractivity contribution in [2.45, 2.75) is 64.7 Å². The molecule has 4 aromatic rings. The minimum Gasteiger partial charge on any atom is -0.399 e. The quantitative estimate of drug-likeness (QED) is 0.269. The summed E-state index contributed by atoms with van der Waals surface area (Å²) in [6.07, 6.45) is 6.84. The SMILES string of the molecule is Cc1cc(Cc2ccc(C3(c4ccc(Cc5ccc(N)c(C)c5)cc4)CCC(C)CC3)cc2)ccc1N. The lowest BCUT2D eigenvalue weighted by atomic mass is 9.63. The second-order valence-electron chi connectivity index (χ2n) is 11.4. The van der Waals surface area contributed by atoms with Crippen LogP contribution < -0.4 is 11.5 Å². The summed E-state index contributed by atoms with van der Waals surface area (Å²) < 4.78 is 0. The van der Waals surface area contributed by atoms with E-state index >= 15 is 0 Å². The molecule has 1 aliphatic rings. The van der Waals surface area contributed by atoms with Crippen LogP contribution in [0.25, 0.3) is 0 Å². The molecule has 2 nitrogen and oxygen atoms in total. The standard InChI is InChI=1S/C35H40N2/c1-24-16-18-35(19-17-24,31-10-4-27(5-11-31)22-29-8-14-33(36)25(2)20-29)32-12-6-28(7-13-32)23-30-9-15-34(37)26(3)21-30/h4-15,20-21,24H,16-19,22-23,36-37H2,1-3H3. The third-order valence-electron chi connectivity index (χ3n) is 8.63. The fourth-order valence-corrected chi connectivity index (χ4v) is 6.05. The van der Waals surface area contributed by atoms with Gasteiger partial charge < -0.3 is 11.5 Å². The second kappa shape index (κ2) is 10.5. The lowest BCUT2D eigenvalue weighted by Crippen LogP contribution is -2.32. The predicted molar refractivity (Wildman–Crippen MR) is 158 cm³/mol. The highest BCUT2D eigenvalue weighted by molar-refractivity contribution is 5.50. The first-order chi connectivity index (χ1) is 17.8. The molecule has 1 fully saturated rings. The third-order valence-corrected chi connectivity index (χ3v) is 8.63. The molecule has 0 aliphatic heterocycles. The van der Waals surface area contributed by atoms with Gasteiger partial charge in [0, 0.05) is 16.8 Å². The average Bonchev–Trinajstić information content (AvgIpc) is 2.90. The van der Waals surface area contributed by atoms with Gasteiger partial charge in [0.1, 0.15) is 0 Å². The van der Waals surface area contributed by atoms with Crippen molar-refractivity contribution in [1.82, 2.24) is 0 Å². The van der Waals surface area contributed by atoms with Crippen LogP contribution in [0.15, 0.2) is 84.9 Å². The molecule has 37 heavy (non-hydrogen) atoms. The normalized spacial score (nSPS) is 15.5. The summed E-state index contributed by atoms with van der Waals surface area (Å²) in [6.45, 7) is 6.56. The highest BCUT2D eigenvalue weighted by Crippen LogP contribution is 2.46. The van der Waals surface area contributed by atoms with E-state index in [-0.39, 0.29) is 5.41 Å². The molecule has 0 radical (unpaired) electrons. The molecule has 0 heterocycles. The number of nitrogen functional groups attached to an aromatic ring is 2. The van der Waals surface area contributed by atoms with Gasteiger partial charge in [-0.05, 0) is 115 Å². The van der Waals surface area contributed by atoms with E-state index in [1.54, 1.807) is 0 Å². The zero-order valence-corrected chi connectivity index (χ0v) is 22.6. The van der Waals surface area contributed by atoms with Gasteiger partial charge in [-0.3, -0.25) is 0 Å². The van der Waals surface area contributed by atoms with Gasteiger partial charge in [0.15, 0.2) is 0 Å². The summed E-state index contributed by atoms with van der Waals surface area (Å²) in [6, 6.07) is 31.6. The monoisotopic (exact) mass is 488 g/mol. The molecule has 1 aliphatic carbocycles. The topological polar surface area (TPSA) is 52.0 Å². The number of hydrogen-bond donors (Lipinski definition) is 2. The molecule has 4 aromatic carbocycles. The molecule has 0 bridgehead atoms. The van der Waals surface area contributed by atoms with Crippen molar-refractivity contribution in [3.63, 3.8) is 0 Å². The molecule has 190 valence electrons. The largest absolute Gasteiger partial charge is 0.399 e. The first-order valence-electron chi connectivity index (χ1n) is 13.7. The van der Waals surface area contributed by atoms with Gasteiger partial charge in [0.05, 0.1) is 0 Å². The Labute approximate surface area is 222 Å². The van der Waals surface area contributed by atoms with E-state index in [4.69, 9.17) is 11.5 Å². The Morgan fingerprint density at radius 3 is 1.35 bits per heavy atom. The molecule has 0 aromatic heterocycles. The van der Waals surface area contributed by atoms with Crippen LogP contribution in [0.4, 0.5) is 11.4 Å². The van der Waals surface area contributed by atoms with E-state index < -0.39 is 0 Å². The predicted octanol–water partition coefficient (Wildman–Crippen LogP) is 8.15. The Bertz CT molecular complexity index is 1260. The van der Waals surface area contributed by atoms with Gasteiger partial charge in [-0.2, -0.15) is 0 Å². The first kappa shape index (κ1) is 25.1. The molecule has 5 rings (SSSR count). The van der Waals surface area contributed by atoms with Gasteiger partial charge >= 0.3 is 0 Å². The van der Waals surface area contributed by atoms with Crippen molar-refractivity contribution in [3.8, 4) is 0 Å². The number of anilines is 2. The van der Waals surface area contributed by atoms with Crippen molar-refractivity contribution in [3.05, 3.63) is 129 Å². The van der Waals surface area contributed by atoms with Crippen LogP contribution in [0.1, 0.15) is 77.1 Å². The molecule has 0 spiro atoms. The highest BCUT2D eigenvalue weighted by Gasteiger charge is 2.37. The molecule has 1 saturated carbocycles. The molecular formula is C35H40N2. The molecule has 0 atom stereocenters. The van der Waals surface area contributed by atoms with E-state index in [1.165, 1.54) is 59.1 Å². The molecule has 2 heteroatoms. The maximum atomic E-state index is 6.02. The summed E-state index contributed by atoms with van der Waals surface area (Å²) in [4.78, 5) is 0. The smallest absolute Gasteiger partial charge is 0.0343 e. The molecular weight excluding hydrogens is 448 g/mol. The Kier molecular flexibility index (Phi) is 7.11. The maximum Gasteiger partial charge on any atom is 0.0343 e. The Balaban J connectivity index is 1.39. The molecule has 0 unspecified atom stereocenters. The van der Waals surface area contributed by atoms with Gasteiger partial charge in [-0.1, -0.05) is 79.7 Å². The summed E-state index contributed by atoms with van der Waals surface area (Å²) in [7, 11) is 0. The van der Waals surface area contributed by atoms with Crippen LogP contribution >= 0.6 is 0 Å². The summed E-state index contributed by atoms with van der Waals surface area (Å²) in [5.74, 6) is 0.800. The highest BCUT2D eigenvalue weighted by atomic mass is 14.6. The van der Waals surface area contributed by atoms with Crippen molar-refractivity contribution in [2.75, 3.05) is 11.5 Å². The van der Waals surface area contributed by atoms with Crippen molar-refractivity contribution < 1.29 is 0 Å². The third kappa shape index (κ3) is 5.44. The van der Waals surface area contributed by atoms with Crippen LogP contribution in [0.2, 0.25) is 0 Å². The fraction of sp³-hybridized carbons (Fsp3) is 0.314. The zero-order valence-electron chi connectivity index (χ0n) is 22.6. The molecule has 4 N–H and O–H groups in total. The van der Waals surface area contributed by atoms with Crippen LogP contribution in [0.3, 0.4) is 0 Å². The molecule has 0 saturated heterocycles. The number of nitrogens with two attached hydrogens (primary N) is 2. The lowest BCUT2D eigenvalue weighted by molar-refractivity contribution is 0.280. The van der Waals surface area contributed by atoms with Gasteiger partial charge in [0.2, 0.25) is 0 Å². The average molecular weight is 489 g/mol. The Morgan fingerprint density at radius 2 is 0.973 bits per heavy atom. The number of hydrogen-bond acceptors (Lipinski definition) is 2. The van der Waals surface area contributed by atoms with Crippen LogP contribution in [0, 0.1) is 19.8 Å². The zero-order chi connectivity index (χ0) is 26.0. The lowest BCUT2D eigenvalue weighted by Gasteiger charge is -2.41. The Hall–Kier alpha value is -3.52. The number of aryl methyl sites for hydroxylation is 2. The number of benzene rings is 4. The molecule has 0 amide bonds. The van der Waals surface area contributed by atoms with E-state index in [2.05, 4.69) is 93.6 Å². The minimum atomic E-state index is 0.0964. The summed E-state index contributed by atoms with van der Waals surface area (Å²) >= 11 is 0. The summed E-state index contributed by atoms with van der Waals surface area (Å²) in [5, 5.41) is 0. The van der Waals surface area contributed by atoms with Gasteiger partial charge in [-0.25, -0.2) is 0 Å². The Morgan fingerprint density at radius 1 is 0.595 bits per heavy atom.